The van der Waals surface area contributed by atoms with Crippen molar-refractivity contribution in [1.29, 1.82) is 0 Å². The Balaban J connectivity index is 2.36. The van der Waals surface area contributed by atoms with E-state index in [0.717, 1.165) is 0 Å². The van der Waals surface area contributed by atoms with Crippen LogP contribution in [0.1, 0.15) is 0 Å². The van der Waals surface area contributed by atoms with Gasteiger partial charge in [0.05, 0.1) is 10.7 Å². The molecule has 9 heteroatoms. The van der Waals surface area contributed by atoms with Gasteiger partial charge in [0.25, 0.3) is 5.69 Å². The monoisotopic (exact) mass is 316 g/mol. The topological polar surface area (TPSA) is 99.4 Å². The largest absolute Gasteiger partial charge is 0.492 e. The Bertz CT molecular complexity index is 762. The second-order valence-corrected chi connectivity index (χ2v) is 6.73. The number of nitro groups is 1. The van der Waals surface area contributed by atoms with Gasteiger partial charge in [-0.25, -0.2) is 13.4 Å². The van der Waals surface area contributed by atoms with Gasteiger partial charge in [-0.15, -0.1) is 0 Å². The van der Waals surface area contributed by atoms with Crippen molar-refractivity contribution in [3.8, 4) is 5.75 Å². The standard InChI is InChI=1S/C11H9ClN2O5S/c12-20(17,18)7-6-19-10-4-3-9(14(15)16)11-8(10)2-1-5-13-11/h1-5H,6-7H2. The van der Waals surface area contributed by atoms with Crippen molar-refractivity contribution in [3.63, 3.8) is 0 Å². The van der Waals surface area contributed by atoms with Crippen molar-refractivity contribution in [3.05, 3.63) is 40.6 Å². The molecule has 2 aromatic rings. The number of nitrogens with zero attached hydrogens (tertiary/aromatic N) is 2. The molecule has 0 radical (unpaired) electrons. The number of halogens is 1. The maximum absolute atomic E-state index is 10.9. The first kappa shape index (κ1) is 14.5. The minimum Gasteiger partial charge on any atom is -0.492 e. The fraction of sp³-hybridized carbons (Fsp3) is 0.182. The molecule has 0 atom stereocenters. The number of pyridine rings is 1. The lowest BCUT2D eigenvalue weighted by Crippen LogP contribution is -2.09. The molecule has 106 valence electrons. The minimum atomic E-state index is -3.65. The molecular weight excluding hydrogens is 308 g/mol. The van der Waals surface area contributed by atoms with E-state index in [0.29, 0.717) is 11.1 Å². The number of non-ortho nitro benzene ring substituents is 1. The van der Waals surface area contributed by atoms with Crippen LogP contribution in [0.15, 0.2) is 30.5 Å². The molecule has 1 aromatic carbocycles. The molecule has 0 bridgehead atoms. The summed E-state index contributed by atoms with van der Waals surface area (Å²) >= 11 is 0. The summed E-state index contributed by atoms with van der Waals surface area (Å²) in [5.74, 6) is -0.0353. The highest BCUT2D eigenvalue weighted by atomic mass is 35.7. The van der Waals surface area contributed by atoms with Crippen LogP contribution in [0.25, 0.3) is 10.9 Å². The predicted molar refractivity (Wildman–Crippen MR) is 73.5 cm³/mol. The molecule has 0 aliphatic rings. The summed E-state index contributed by atoms with van der Waals surface area (Å²) < 4.78 is 26.9. The van der Waals surface area contributed by atoms with Crippen molar-refractivity contribution >= 4 is 36.3 Å². The zero-order chi connectivity index (χ0) is 14.8. The van der Waals surface area contributed by atoms with Gasteiger partial charge in [0.1, 0.15) is 12.4 Å². The van der Waals surface area contributed by atoms with Crippen molar-refractivity contribution in [2.75, 3.05) is 12.4 Å². The zero-order valence-electron chi connectivity index (χ0n) is 10.0. The van der Waals surface area contributed by atoms with E-state index in [2.05, 4.69) is 4.98 Å². The molecule has 0 unspecified atom stereocenters. The summed E-state index contributed by atoms with van der Waals surface area (Å²) in [4.78, 5) is 14.3. The average molecular weight is 317 g/mol. The number of nitro benzene ring substituents is 1. The van der Waals surface area contributed by atoms with Gasteiger partial charge in [0.15, 0.2) is 5.52 Å². The molecule has 0 spiro atoms. The maximum atomic E-state index is 10.9. The number of aromatic nitrogens is 1. The van der Waals surface area contributed by atoms with Gasteiger partial charge < -0.3 is 4.74 Å². The van der Waals surface area contributed by atoms with E-state index in [9.17, 15) is 18.5 Å². The number of hydrogen-bond acceptors (Lipinski definition) is 6. The lowest BCUT2D eigenvalue weighted by atomic mass is 10.2. The van der Waals surface area contributed by atoms with Crippen LogP contribution in [0.2, 0.25) is 0 Å². The molecular formula is C11H9ClN2O5S. The average Bonchev–Trinajstić information content (AvgIpc) is 2.37. The molecule has 0 fully saturated rings. The van der Waals surface area contributed by atoms with Crippen LogP contribution < -0.4 is 4.74 Å². The lowest BCUT2D eigenvalue weighted by molar-refractivity contribution is -0.383. The minimum absolute atomic E-state index is 0.141. The Morgan fingerprint density at radius 2 is 2.10 bits per heavy atom. The number of fused-ring (bicyclic) bond motifs is 1. The number of ether oxygens (including phenoxy) is 1. The first-order valence-electron chi connectivity index (χ1n) is 5.46. The van der Waals surface area contributed by atoms with Crippen molar-refractivity contribution in [2.45, 2.75) is 0 Å². The van der Waals surface area contributed by atoms with E-state index < -0.39 is 14.0 Å². The Labute approximate surface area is 118 Å². The molecule has 0 saturated heterocycles. The molecule has 0 N–H and O–H groups in total. The molecule has 0 aliphatic carbocycles. The number of rotatable bonds is 5. The van der Waals surface area contributed by atoms with E-state index in [1.54, 1.807) is 12.1 Å². The molecule has 20 heavy (non-hydrogen) atoms. The lowest BCUT2D eigenvalue weighted by Gasteiger charge is -2.08. The first-order valence-corrected chi connectivity index (χ1v) is 7.93. The molecule has 2 rings (SSSR count). The van der Waals surface area contributed by atoms with Crippen LogP contribution in [0.5, 0.6) is 5.75 Å². The Morgan fingerprint density at radius 3 is 2.75 bits per heavy atom. The van der Waals surface area contributed by atoms with Crippen LogP contribution >= 0.6 is 10.7 Å². The first-order chi connectivity index (χ1) is 9.38. The quantitative estimate of drug-likeness (QED) is 0.475. The highest BCUT2D eigenvalue weighted by Gasteiger charge is 2.16. The Hall–Kier alpha value is -1.93. The van der Waals surface area contributed by atoms with E-state index >= 15 is 0 Å². The van der Waals surface area contributed by atoms with Crippen molar-refractivity contribution in [1.82, 2.24) is 4.98 Å². The van der Waals surface area contributed by atoms with Gasteiger partial charge in [-0.3, -0.25) is 10.1 Å². The van der Waals surface area contributed by atoms with Gasteiger partial charge in [-0.05, 0) is 18.2 Å². The second kappa shape index (κ2) is 5.59. The molecule has 0 saturated carbocycles. The molecule has 1 aromatic heterocycles. The third-order valence-electron chi connectivity index (χ3n) is 2.49. The SMILES string of the molecule is O=[N+]([O-])c1ccc(OCCS(=O)(=O)Cl)c2cccnc12. The second-order valence-electron chi connectivity index (χ2n) is 3.83. The molecule has 0 aliphatic heterocycles. The maximum Gasteiger partial charge on any atom is 0.295 e. The third kappa shape index (κ3) is 3.34. The van der Waals surface area contributed by atoms with Gasteiger partial charge in [0, 0.05) is 28.3 Å². The van der Waals surface area contributed by atoms with Gasteiger partial charge in [0.2, 0.25) is 9.05 Å². The number of hydrogen-bond donors (Lipinski definition) is 0. The van der Waals surface area contributed by atoms with E-state index in [1.807, 2.05) is 0 Å². The van der Waals surface area contributed by atoms with Crippen LogP contribution in [-0.2, 0) is 9.05 Å². The van der Waals surface area contributed by atoms with Crippen LogP contribution in [0.4, 0.5) is 5.69 Å². The smallest absolute Gasteiger partial charge is 0.295 e. The van der Waals surface area contributed by atoms with E-state index in [4.69, 9.17) is 15.4 Å². The summed E-state index contributed by atoms with van der Waals surface area (Å²) in [6.45, 7) is -0.145. The zero-order valence-corrected chi connectivity index (χ0v) is 11.6. The predicted octanol–water partition coefficient (Wildman–Crippen LogP) is 2.09. The van der Waals surface area contributed by atoms with Gasteiger partial charge in [-0.2, -0.15) is 0 Å². The molecule has 0 amide bonds. The van der Waals surface area contributed by atoms with Crippen molar-refractivity contribution < 1.29 is 18.1 Å². The van der Waals surface area contributed by atoms with Crippen LogP contribution in [0.3, 0.4) is 0 Å². The van der Waals surface area contributed by atoms with Crippen molar-refractivity contribution in [2.24, 2.45) is 0 Å². The van der Waals surface area contributed by atoms with Gasteiger partial charge in [-0.1, -0.05) is 0 Å². The summed E-state index contributed by atoms with van der Waals surface area (Å²) in [6, 6.07) is 5.89. The third-order valence-corrected chi connectivity index (χ3v) is 3.61. The number of benzene rings is 1. The molecule has 1 heterocycles. The normalized spacial score (nSPS) is 11.4. The summed E-state index contributed by atoms with van der Waals surface area (Å²) in [7, 11) is 1.43. The summed E-state index contributed by atoms with van der Waals surface area (Å²) in [5.41, 5.74) is 0.0432. The molecule has 7 nitrogen and oxygen atoms in total. The highest BCUT2D eigenvalue weighted by molar-refractivity contribution is 8.13. The van der Waals surface area contributed by atoms with Crippen LogP contribution in [0, 0.1) is 10.1 Å². The fourth-order valence-electron chi connectivity index (χ4n) is 1.66. The summed E-state index contributed by atoms with van der Waals surface area (Å²) in [6.07, 6.45) is 1.43. The summed E-state index contributed by atoms with van der Waals surface area (Å²) in [5, 5.41) is 11.3. The highest BCUT2D eigenvalue weighted by Crippen LogP contribution is 2.31. The fourth-order valence-corrected chi connectivity index (χ4v) is 2.13. The van der Waals surface area contributed by atoms with E-state index in [-0.39, 0.29) is 23.6 Å². The Morgan fingerprint density at radius 1 is 1.35 bits per heavy atom. The Kier molecular flexibility index (Phi) is 4.05. The van der Waals surface area contributed by atoms with Gasteiger partial charge >= 0.3 is 0 Å². The van der Waals surface area contributed by atoms with E-state index in [1.165, 1.54) is 18.3 Å². The van der Waals surface area contributed by atoms with Crippen LogP contribution in [-0.4, -0.2) is 30.7 Å².